The molecule has 0 bridgehead atoms. The average molecular weight is 512 g/mol. The van der Waals surface area contributed by atoms with Crippen molar-refractivity contribution in [3.05, 3.63) is 102 Å². The molecule has 38 heavy (non-hydrogen) atoms. The summed E-state index contributed by atoms with van der Waals surface area (Å²) in [5.74, 6) is 2.53. The highest BCUT2D eigenvalue weighted by atomic mass is 16.5. The van der Waals surface area contributed by atoms with Gasteiger partial charge in [-0.15, -0.1) is 6.58 Å². The molecule has 3 aromatic carbocycles. The number of methoxy groups -OCH3 is 1. The van der Waals surface area contributed by atoms with Gasteiger partial charge in [0.15, 0.2) is 11.5 Å². The third kappa shape index (κ3) is 6.82. The zero-order valence-electron chi connectivity index (χ0n) is 22.4. The molecule has 4 rings (SSSR count). The fraction of sp³-hybridized carbons (Fsp3) is 0.312. The molecule has 6 nitrogen and oxygen atoms in total. The number of para-hydroxylation sites is 2. The number of amides is 1. The molecular weight excluding hydrogens is 474 g/mol. The summed E-state index contributed by atoms with van der Waals surface area (Å²) >= 11 is 0. The van der Waals surface area contributed by atoms with E-state index in [0.717, 1.165) is 77.2 Å². The van der Waals surface area contributed by atoms with Gasteiger partial charge >= 0.3 is 0 Å². The summed E-state index contributed by atoms with van der Waals surface area (Å²) in [5.41, 5.74) is 5.00. The fourth-order valence-corrected chi connectivity index (χ4v) is 4.65. The zero-order chi connectivity index (χ0) is 26.7. The van der Waals surface area contributed by atoms with Crippen molar-refractivity contribution in [2.24, 2.45) is 0 Å². The number of rotatable bonds is 14. The predicted molar refractivity (Wildman–Crippen MR) is 153 cm³/mol. The lowest BCUT2D eigenvalue weighted by Gasteiger charge is -2.14. The largest absolute Gasteiger partial charge is 0.493 e. The van der Waals surface area contributed by atoms with Gasteiger partial charge in [-0.3, -0.25) is 4.79 Å². The molecule has 0 saturated carbocycles. The van der Waals surface area contributed by atoms with Gasteiger partial charge in [0.1, 0.15) is 12.4 Å². The van der Waals surface area contributed by atoms with Gasteiger partial charge in [-0.1, -0.05) is 48.9 Å². The minimum atomic E-state index is -0.00290. The van der Waals surface area contributed by atoms with Crippen molar-refractivity contribution < 1.29 is 14.3 Å². The molecule has 4 aromatic rings. The van der Waals surface area contributed by atoms with Crippen LogP contribution in [0.3, 0.4) is 0 Å². The lowest BCUT2D eigenvalue weighted by atomic mass is 10.1. The number of hydrogen-bond donors (Lipinski definition) is 1. The third-order valence-corrected chi connectivity index (χ3v) is 6.67. The van der Waals surface area contributed by atoms with Crippen molar-refractivity contribution in [1.82, 2.24) is 14.9 Å². The Morgan fingerprint density at radius 2 is 1.84 bits per heavy atom. The number of nitrogens with zero attached hydrogens (tertiary/aromatic N) is 2. The van der Waals surface area contributed by atoms with Gasteiger partial charge in [0.25, 0.3) is 5.91 Å². The summed E-state index contributed by atoms with van der Waals surface area (Å²) < 4.78 is 13.9. The number of aromatic nitrogens is 2. The molecule has 0 unspecified atom stereocenters. The molecule has 0 aliphatic heterocycles. The number of unbranched alkanes of at least 4 members (excludes halogenated alkanes) is 2. The Labute approximate surface area is 225 Å². The van der Waals surface area contributed by atoms with E-state index in [4.69, 9.17) is 14.5 Å². The van der Waals surface area contributed by atoms with E-state index in [1.54, 1.807) is 7.11 Å². The van der Waals surface area contributed by atoms with Gasteiger partial charge in [-0.05, 0) is 67.6 Å². The maximum Gasteiger partial charge on any atom is 0.251 e. The molecule has 0 spiro atoms. The van der Waals surface area contributed by atoms with Gasteiger partial charge in [0, 0.05) is 18.5 Å². The standard InChI is InChI=1S/C32H37N3O3/c1-4-12-25-18-19-29(30(23-25)37-3)38-22-21-35-28-16-10-9-15-27(28)34-31(35)17-6-5-11-20-33-32(36)26-14-8-7-13-24(26)2/h4,7-10,13-16,18-19,23H,1,5-6,11-12,17,20-22H2,2-3H3,(H,33,36). The van der Waals surface area contributed by atoms with E-state index in [-0.39, 0.29) is 5.91 Å². The third-order valence-electron chi connectivity index (χ3n) is 6.67. The molecule has 6 heteroatoms. The van der Waals surface area contributed by atoms with E-state index < -0.39 is 0 Å². The Hall–Kier alpha value is -4.06. The molecule has 0 atom stereocenters. The van der Waals surface area contributed by atoms with Gasteiger partial charge in [-0.2, -0.15) is 0 Å². The Balaban J connectivity index is 1.30. The maximum atomic E-state index is 12.4. The van der Waals surface area contributed by atoms with Crippen molar-refractivity contribution >= 4 is 16.9 Å². The van der Waals surface area contributed by atoms with Crippen LogP contribution >= 0.6 is 0 Å². The van der Waals surface area contributed by atoms with Crippen LogP contribution in [-0.2, 0) is 19.4 Å². The van der Waals surface area contributed by atoms with Crippen LogP contribution in [0.15, 0.2) is 79.4 Å². The first kappa shape index (κ1) is 27.0. The number of hydrogen-bond acceptors (Lipinski definition) is 4. The van der Waals surface area contributed by atoms with Gasteiger partial charge in [0.2, 0.25) is 0 Å². The lowest BCUT2D eigenvalue weighted by molar-refractivity contribution is 0.0952. The topological polar surface area (TPSA) is 65.4 Å². The SMILES string of the molecule is C=CCc1ccc(OCCn2c(CCCCCNC(=O)c3ccccc3C)nc3ccccc32)c(OC)c1. The predicted octanol–water partition coefficient (Wildman–Crippen LogP) is 6.30. The summed E-state index contributed by atoms with van der Waals surface area (Å²) in [6.07, 6.45) is 6.50. The molecule has 1 heterocycles. The quantitative estimate of drug-likeness (QED) is 0.159. The molecule has 1 amide bonds. The minimum absolute atomic E-state index is 0.00290. The highest BCUT2D eigenvalue weighted by Gasteiger charge is 2.12. The Bertz CT molecular complexity index is 1380. The minimum Gasteiger partial charge on any atom is -0.493 e. The first-order valence-electron chi connectivity index (χ1n) is 13.3. The van der Waals surface area contributed by atoms with Crippen molar-refractivity contribution in [3.63, 3.8) is 0 Å². The number of carbonyl (C=O) groups excluding carboxylic acids is 1. The molecule has 1 aromatic heterocycles. The van der Waals surface area contributed by atoms with Crippen LogP contribution in [0.1, 0.15) is 46.6 Å². The average Bonchev–Trinajstić information content (AvgIpc) is 3.28. The van der Waals surface area contributed by atoms with E-state index in [1.165, 1.54) is 0 Å². The van der Waals surface area contributed by atoms with E-state index >= 15 is 0 Å². The highest BCUT2D eigenvalue weighted by Crippen LogP contribution is 2.28. The molecule has 1 N–H and O–H groups in total. The van der Waals surface area contributed by atoms with Crippen molar-refractivity contribution in [2.75, 3.05) is 20.3 Å². The van der Waals surface area contributed by atoms with Crippen molar-refractivity contribution in [2.45, 2.75) is 45.6 Å². The van der Waals surface area contributed by atoms with Crippen LogP contribution in [0.4, 0.5) is 0 Å². The number of ether oxygens (including phenoxy) is 2. The summed E-state index contributed by atoms with van der Waals surface area (Å²) in [4.78, 5) is 17.3. The number of carbonyl (C=O) groups is 1. The van der Waals surface area contributed by atoms with Gasteiger partial charge in [-0.25, -0.2) is 4.98 Å². The van der Waals surface area contributed by atoms with E-state index in [9.17, 15) is 4.79 Å². The van der Waals surface area contributed by atoms with E-state index in [0.29, 0.717) is 19.7 Å². The van der Waals surface area contributed by atoms with Crippen LogP contribution in [0.5, 0.6) is 11.5 Å². The molecule has 0 radical (unpaired) electrons. The molecular formula is C32H37N3O3. The van der Waals surface area contributed by atoms with Crippen LogP contribution in [0.2, 0.25) is 0 Å². The second-order valence-electron chi connectivity index (χ2n) is 9.38. The Morgan fingerprint density at radius 1 is 1.03 bits per heavy atom. The van der Waals surface area contributed by atoms with Gasteiger partial charge in [0.05, 0.1) is 24.7 Å². The molecule has 0 aliphatic rings. The van der Waals surface area contributed by atoms with Gasteiger partial charge < -0.3 is 19.4 Å². The molecule has 0 fully saturated rings. The molecule has 198 valence electrons. The molecule has 0 aliphatic carbocycles. The normalized spacial score (nSPS) is 10.9. The van der Waals surface area contributed by atoms with Crippen LogP contribution in [-0.4, -0.2) is 35.7 Å². The maximum absolute atomic E-state index is 12.4. The number of fused-ring (bicyclic) bond motifs is 1. The summed E-state index contributed by atoms with van der Waals surface area (Å²) in [6.45, 7) is 7.64. The number of benzene rings is 3. The zero-order valence-corrected chi connectivity index (χ0v) is 22.4. The summed E-state index contributed by atoms with van der Waals surface area (Å²) in [7, 11) is 1.66. The van der Waals surface area contributed by atoms with E-state index in [2.05, 4.69) is 28.6 Å². The number of imidazole rings is 1. The van der Waals surface area contributed by atoms with E-state index in [1.807, 2.05) is 67.6 Å². The summed E-state index contributed by atoms with van der Waals surface area (Å²) in [5, 5.41) is 3.04. The number of aryl methyl sites for hydroxylation is 2. The fourth-order valence-electron chi connectivity index (χ4n) is 4.65. The van der Waals surface area contributed by atoms with Crippen LogP contribution in [0.25, 0.3) is 11.0 Å². The first-order chi connectivity index (χ1) is 18.6. The molecule has 0 saturated heterocycles. The summed E-state index contributed by atoms with van der Waals surface area (Å²) in [6, 6.07) is 21.9. The monoisotopic (exact) mass is 511 g/mol. The van der Waals surface area contributed by atoms with Crippen LogP contribution in [0, 0.1) is 6.92 Å². The first-order valence-corrected chi connectivity index (χ1v) is 13.3. The van der Waals surface area contributed by atoms with Crippen molar-refractivity contribution in [3.8, 4) is 11.5 Å². The Kier molecular flexibility index (Phi) is 9.57. The smallest absolute Gasteiger partial charge is 0.251 e. The van der Waals surface area contributed by atoms with Crippen molar-refractivity contribution in [1.29, 1.82) is 0 Å². The van der Waals surface area contributed by atoms with Crippen LogP contribution < -0.4 is 14.8 Å². The second-order valence-corrected chi connectivity index (χ2v) is 9.38. The second kappa shape index (κ2) is 13.5. The highest BCUT2D eigenvalue weighted by molar-refractivity contribution is 5.95. The number of allylic oxidation sites excluding steroid dienone is 1. The Morgan fingerprint density at radius 3 is 2.66 bits per heavy atom. The lowest BCUT2D eigenvalue weighted by Crippen LogP contribution is -2.25. The number of nitrogens with one attached hydrogen (secondary N) is 1.